The van der Waals surface area contributed by atoms with E-state index in [4.69, 9.17) is 9.84 Å². The summed E-state index contributed by atoms with van der Waals surface area (Å²) < 4.78 is 5.64. The van der Waals surface area contributed by atoms with Gasteiger partial charge in [-0.2, -0.15) is 0 Å². The number of carbonyl (C=O) groups is 2. The van der Waals surface area contributed by atoms with Gasteiger partial charge in [-0.1, -0.05) is 19.9 Å². The van der Waals surface area contributed by atoms with E-state index in [0.29, 0.717) is 24.0 Å². The molecule has 0 saturated heterocycles. The Morgan fingerprint density at radius 2 is 2.09 bits per heavy atom. The van der Waals surface area contributed by atoms with Crippen molar-refractivity contribution < 1.29 is 19.4 Å². The molecule has 0 heterocycles. The third kappa shape index (κ3) is 6.97. The monoisotopic (exact) mass is 308 g/mol. The predicted octanol–water partition coefficient (Wildman–Crippen LogP) is 3.05. The number of hydrogen-bond acceptors (Lipinski definition) is 3. The van der Waals surface area contributed by atoms with E-state index in [-0.39, 0.29) is 19.0 Å². The molecule has 0 atom stereocenters. The second-order valence-electron chi connectivity index (χ2n) is 5.55. The molecule has 0 spiro atoms. The average molecular weight is 308 g/mol. The van der Waals surface area contributed by atoms with Gasteiger partial charge < -0.3 is 20.1 Å². The van der Waals surface area contributed by atoms with Crippen molar-refractivity contribution in [2.45, 2.75) is 26.7 Å². The van der Waals surface area contributed by atoms with Crippen molar-refractivity contribution in [2.75, 3.05) is 25.5 Å². The van der Waals surface area contributed by atoms with Crippen LogP contribution in [0.15, 0.2) is 24.3 Å². The number of carboxylic acid groups (broad SMARTS) is 1. The molecule has 0 saturated carbocycles. The molecule has 6 nitrogen and oxygen atoms in total. The number of rotatable bonds is 8. The smallest absolute Gasteiger partial charge is 0.321 e. The molecule has 0 radical (unpaired) electrons. The van der Waals surface area contributed by atoms with Crippen LogP contribution in [0.25, 0.3) is 0 Å². The van der Waals surface area contributed by atoms with Gasteiger partial charge >= 0.3 is 12.0 Å². The van der Waals surface area contributed by atoms with E-state index in [1.807, 2.05) is 6.07 Å². The highest BCUT2D eigenvalue weighted by Gasteiger charge is 2.10. The van der Waals surface area contributed by atoms with Gasteiger partial charge in [0.05, 0.1) is 13.0 Å². The quantitative estimate of drug-likeness (QED) is 0.773. The van der Waals surface area contributed by atoms with Gasteiger partial charge in [-0.15, -0.1) is 0 Å². The van der Waals surface area contributed by atoms with Crippen molar-refractivity contribution in [3.8, 4) is 5.75 Å². The van der Waals surface area contributed by atoms with Gasteiger partial charge in [0.2, 0.25) is 0 Å². The Kier molecular flexibility index (Phi) is 7.22. The Bertz CT molecular complexity index is 503. The van der Waals surface area contributed by atoms with Gasteiger partial charge in [-0.05, 0) is 24.5 Å². The average Bonchev–Trinajstić information content (AvgIpc) is 2.44. The molecule has 1 aromatic rings. The molecule has 122 valence electrons. The van der Waals surface area contributed by atoms with Gasteiger partial charge in [-0.3, -0.25) is 4.79 Å². The van der Waals surface area contributed by atoms with Crippen LogP contribution < -0.4 is 10.1 Å². The molecule has 2 N–H and O–H groups in total. The van der Waals surface area contributed by atoms with E-state index >= 15 is 0 Å². The fourth-order valence-corrected chi connectivity index (χ4v) is 1.66. The van der Waals surface area contributed by atoms with E-state index in [2.05, 4.69) is 19.2 Å². The summed E-state index contributed by atoms with van der Waals surface area (Å²) in [4.78, 5) is 23.8. The standard InChI is InChI=1S/C16H24N2O4/c1-12(2)8-10-22-14-6-4-5-13(11-14)17-16(21)18(3)9-7-15(19)20/h4-6,11-12H,7-10H2,1-3H3,(H,17,21)(H,19,20). The Hall–Kier alpha value is -2.24. The summed E-state index contributed by atoms with van der Waals surface area (Å²) in [6.07, 6.45) is 0.886. The predicted molar refractivity (Wildman–Crippen MR) is 85.3 cm³/mol. The van der Waals surface area contributed by atoms with Crippen LogP contribution in [0.2, 0.25) is 0 Å². The Labute approximate surface area is 131 Å². The number of ether oxygens (including phenoxy) is 1. The summed E-state index contributed by atoms with van der Waals surface area (Å²) in [5, 5.41) is 11.3. The van der Waals surface area contributed by atoms with E-state index in [1.54, 1.807) is 25.2 Å². The van der Waals surface area contributed by atoms with Crippen LogP contribution in [0.3, 0.4) is 0 Å². The van der Waals surface area contributed by atoms with Crippen LogP contribution in [0, 0.1) is 5.92 Å². The zero-order chi connectivity index (χ0) is 16.5. The molecule has 2 amide bonds. The molecule has 0 aliphatic carbocycles. The number of amides is 2. The highest BCUT2D eigenvalue weighted by atomic mass is 16.5. The Morgan fingerprint density at radius 1 is 1.36 bits per heavy atom. The molecule has 0 unspecified atom stereocenters. The number of urea groups is 1. The third-order valence-electron chi connectivity index (χ3n) is 3.06. The maximum Gasteiger partial charge on any atom is 0.321 e. The lowest BCUT2D eigenvalue weighted by Gasteiger charge is -2.17. The SMILES string of the molecule is CC(C)CCOc1cccc(NC(=O)N(C)CCC(=O)O)c1. The Morgan fingerprint density at radius 3 is 2.73 bits per heavy atom. The third-order valence-corrected chi connectivity index (χ3v) is 3.06. The van der Waals surface area contributed by atoms with Crippen LogP contribution >= 0.6 is 0 Å². The van der Waals surface area contributed by atoms with Crippen LogP contribution in [0.5, 0.6) is 5.75 Å². The molecule has 6 heteroatoms. The molecule has 22 heavy (non-hydrogen) atoms. The lowest BCUT2D eigenvalue weighted by atomic mass is 10.1. The molecule has 0 aliphatic heterocycles. The fourth-order valence-electron chi connectivity index (χ4n) is 1.66. The van der Waals surface area contributed by atoms with Crippen molar-refractivity contribution in [1.82, 2.24) is 4.90 Å². The number of carbonyl (C=O) groups excluding carboxylic acids is 1. The lowest BCUT2D eigenvalue weighted by Crippen LogP contribution is -2.33. The summed E-state index contributed by atoms with van der Waals surface area (Å²) in [5.41, 5.74) is 0.620. The minimum atomic E-state index is -0.930. The number of carboxylic acids is 1. The molecule has 1 rings (SSSR count). The van der Waals surface area contributed by atoms with Gasteiger partial charge in [0.15, 0.2) is 0 Å². The van der Waals surface area contributed by atoms with Crippen LogP contribution in [0.1, 0.15) is 26.7 Å². The summed E-state index contributed by atoms with van der Waals surface area (Å²) in [5.74, 6) is 0.345. The first-order valence-corrected chi connectivity index (χ1v) is 7.35. The summed E-state index contributed by atoms with van der Waals surface area (Å²) >= 11 is 0. The largest absolute Gasteiger partial charge is 0.494 e. The van der Waals surface area contributed by atoms with Crippen molar-refractivity contribution in [2.24, 2.45) is 5.92 Å². The first-order chi connectivity index (χ1) is 10.4. The Balaban J connectivity index is 2.51. The van der Waals surface area contributed by atoms with Crippen LogP contribution in [-0.4, -0.2) is 42.2 Å². The number of anilines is 1. The molecule has 0 fully saturated rings. The highest BCUT2D eigenvalue weighted by molar-refractivity contribution is 5.89. The molecule has 0 bridgehead atoms. The normalized spacial score (nSPS) is 10.4. The first-order valence-electron chi connectivity index (χ1n) is 7.35. The molecule has 1 aromatic carbocycles. The zero-order valence-corrected chi connectivity index (χ0v) is 13.3. The minimum Gasteiger partial charge on any atom is -0.494 e. The summed E-state index contributed by atoms with van der Waals surface area (Å²) in [6.45, 7) is 5.05. The number of aliphatic carboxylic acids is 1. The van der Waals surface area contributed by atoms with E-state index < -0.39 is 5.97 Å². The van der Waals surface area contributed by atoms with E-state index in [9.17, 15) is 9.59 Å². The maximum atomic E-state index is 11.9. The summed E-state index contributed by atoms with van der Waals surface area (Å²) in [7, 11) is 1.56. The van der Waals surface area contributed by atoms with E-state index in [1.165, 1.54) is 4.90 Å². The van der Waals surface area contributed by atoms with Gasteiger partial charge in [-0.25, -0.2) is 4.79 Å². The van der Waals surface area contributed by atoms with Gasteiger partial charge in [0.25, 0.3) is 0 Å². The second-order valence-corrected chi connectivity index (χ2v) is 5.55. The number of hydrogen-bond donors (Lipinski definition) is 2. The first kappa shape index (κ1) is 17.8. The molecule has 0 aliphatic rings. The van der Waals surface area contributed by atoms with Crippen molar-refractivity contribution in [3.05, 3.63) is 24.3 Å². The highest BCUT2D eigenvalue weighted by Crippen LogP contribution is 2.18. The molecular weight excluding hydrogens is 284 g/mol. The van der Waals surface area contributed by atoms with Crippen molar-refractivity contribution in [1.29, 1.82) is 0 Å². The zero-order valence-electron chi connectivity index (χ0n) is 13.3. The van der Waals surface area contributed by atoms with Crippen molar-refractivity contribution >= 4 is 17.7 Å². The number of nitrogens with one attached hydrogen (secondary N) is 1. The lowest BCUT2D eigenvalue weighted by molar-refractivity contribution is -0.137. The topological polar surface area (TPSA) is 78.9 Å². The van der Waals surface area contributed by atoms with Crippen molar-refractivity contribution in [3.63, 3.8) is 0 Å². The van der Waals surface area contributed by atoms with Crippen LogP contribution in [0.4, 0.5) is 10.5 Å². The van der Waals surface area contributed by atoms with Gasteiger partial charge in [0, 0.05) is 25.3 Å². The maximum absolute atomic E-state index is 11.9. The minimum absolute atomic E-state index is 0.0811. The molecular formula is C16H24N2O4. The second kappa shape index (κ2) is 8.92. The van der Waals surface area contributed by atoms with E-state index in [0.717, 1.165) is 6.42 Å². The van der Waals surface area contributed by atoms with Crippen LogP contribution in [-0.2, 0) is 4.79 Å². The fraction of sp³-hybridized carbons (Fsp3) is 0.500. The number of nitrogens with zero attached hydrogens (tertiary/aromatic N) is 1. The number of benzene rings is 1. The molecule has 0 aromatic heterocycles. The van der Waals surface area contributed by atoms with Gasteiger partial charge in [0.1, 0.15) is 5.75 Å². The summed E-state index contributed by atoms with van der Waals surface area (Å²) in [6, 6.07) is 6.81.